The van der Waals surface area contributed by atoms with Crippen LogP contribution in [0.2, 0.25) is 0 Å². The van der Waals surface area contributed by atoms with Crippen molar-refractivity contribution in [3.05, 3.63) is 12.3 Å². The molecule has 1 aromatic heterocycles. The fourth-order valence-corrected chi connectivity index (χ4v) is 2.92. The second-order valence-corrected chi connectivity index (χ2v) is 5.82. The minimum atomic E-state index is 0.485. The summed E-state index contributed by atoms with van der Waals surface area (Å²) in [6.45, 7) is 5.75. The van der Waals surface area contributed by atoms with E-state index in [1.54, 1.807) is 13.3 Å². The van der Waals surface area contributed by atoms with Gasteiger partial charge < -0.3 is 19.9 Å². The van der Waals surface area contributed by atoms with Gasteiger partial charge in [0, 0.05) is 32.9 Å². The van der Waals surface area contributed by atoms with E-state index in [1.165, 1.54) is 25.8 Å². The Morgan fingerprint density at radius 3 is 2.86 bits per heavy atom. The smallest absolute Gasteiger partial charge is 0.239 e. The van der Waals surface area contributed by atoms with E-state index in [-0.39, 0.29) is 0 Å². The molecule has 5 heteroatoms. The summed E-state index contributed by atoms with van der Waals surface area (Å²) >= 11 is 0. The summed E-state index contributed by atoms with van der Waals surface area (Å²) < 4.78 is 5.44. The van der Waals surface area contributed by atoms with Crippen molar-refractivity contribution in [3.63, 3.8) is 0 Å². The Bertz CT molecular complexity index is 450. The Labute approximate surface area is 128 Å². The maximum Gasteiger partial charge on any atom is 0.239 e. The third-order valence-corrected chi connectivity index (χ3v) is 4.19. The molecule has 21 heavy (non-hydrogen) atoms. The Morgan fingerprint density at radius 2 is 2.19 bits per heavy atom. The average Bonchev–Trinajstić information content (AvgIpc) is 2.72. The molecular formula is C16H28N4O. The molecule has 2 rings (SSSR count). The summed E-state index contributed by atoms with van der Waals surface area (Å²) in [4.78, 5) is 8.96. The molecule has 0 spiro atoms. The number of likely N-dealkylation sites (tertiary alicyclic amines) is 1. The Hall–Kier alpha value is -1.49. The lowest BCUT2D eigenvalue weighted by Crippen LogP contribution is -2.26. The van der Waals surface area contributed by atoms with Crippen molar-refractivity contribution < 1.29 is 4.74 Å². The number of hydrogen-bond acceptors (Lipinski definition) is 5. The van der Waals surface area contributed by atoms with Crippen molar-refractivity contribution in [1.82, 2.24) is 9.88 Å². The van der Waals surface area contributed by atoms with Gasteiger partial charge in [-0.25, -0.2) is 4.98 Å². The number of rotatable bonds is 5. The number of pyridine rings is 1. The molecule has 0 aromatic carbocycles. The van der Waals surface area contributed by atoms with Crippen LogP contribution in [-0.4, -0.2) is 56.8 Å². The average molecular weight is 292 g/mol. The van der Waals surface area contributed by atoms with Crippen molar-refractivity contribution >= 4 is 11.4 Å². The van der Waals surface area contributed by atoms with Crippen molar-refractivity contribution in [3.8, 4) is 5.88 Å². The van der Waals surface area contributed by atoms with E-state index < -0.39 is 0 Å². The first-order chi connectivity index (χ1) is 10.2. The number of methoxy groups -OCH3 is 1. The SMILES string of the molecule is CCN1CCCC(Nc2c(N(C)C)ccnc2OC)CC1. The van der Waals surface area contributed by atoms with Crippen molar-refractivity contribution in [1.29, 1.82) is 0 Å². The molecule has 118 valence electrons. The van der Waals surface area contributed by atoms with Crippen molar-refractivity contribution in [2.75, 3.05) is 51.1 Å². The van der Waals surface area contributed by atoms with Gasteiger partial charge in [-0.3, -0.25) is 0 Å². The van der Waals surface area contributed by atoms with Gasteiger partial charge in [0.05, 0.1) is 12.8 Å². The van der Waals surface area contributed by atoms with Gasteiger partial charge in [-0.15, -0.1) is 0 Å². The fraction of sp³-hybridized carbons (Fsp3) is 0.688. The monoisotopic (exact) mass is 292 g/mol. The van der Waals surface area contributed by atoms with Crippen LogP contribution in [0.4, 0.5) is 11.4 Å². The first kappa shape index (κ1) is 15.9. The Kier molecular flexibility index (Phi) is 5.67. The van der Waals surface area contributed by atoms with Gasteiger partial charge in [-0.2, -0.15) is 0 Å². The molecule has 1 aliphatic heterocycles. The quantitative estimate of drug-likeness (QED) is 0.902. The van der Waals surface area contributed by atoms with Gasteiger partial charge >= 0.3 is 0 Å². The zero-order valence-electron chi connectivity index (χ0n) is 13.7. The van der Waals surface area contributed by atoms with Gasteiger partial charge in [0.2, 0.25) is 5.88 Å². The molecular weight excluding hydrogens is 264 g/mol. The summed E-state index contributed by atoms with van der Waals surface area (Å²) in [5, 5.41) is 3.68. The zero-order chi connectivity index (χ0) is 15.2. The maximum atomic E-state index is 5.44. The standard InChI is InChI=1S/C16H28N4O/c1-5-20-11-6-7-13(9-12-20)18-15-14(19(2)3)8-10-17-16(15)21-4/h8,10,13,18H,5-7,9,11-12H2,1-4H3. The Balaban J connectivity index is 2.14. The molecule has 1 saturated heterocycles. The second kappa shape index (κ2) is 7.50. The first-order valence-corrected chi connectivity index (χ1v) is 7.85. The minimum absolute atomic E-state index is 0.485. The number of nitrogens with zero attached hydrogens (tertiary/aromatic N) is 3. The Morgan fingerprint density at radius 1 is 1.38 bits per heavy atom. The minimum Gasteiger partial charge on any atom is -0.479 e. The highest BCUT2D eigenvalue weighted by Crippen LogP contribution is 2.33. The summed E-state index contributed by atoms with van der Waals surface area (Å²) in [5.41, 5.74) is 2.14. The van der Waals surface area contributed by atoms with Crippen LogP contribution in [-0.2, 0) is 0 Å². The molecule has 0 amide bonds. The van der Waals surface area contributed by atoms with E-state index >= 15 is 0 Å². The summed E-state index contributed by atoms with van der Waals surface area (Å²) in [5.74, 6) is 0.679. The fourth-order valence-electron chi connectivity index (χ4n) is 2.92. The summed E-state index contributed by atoms with van der Waals surface area (Å²) in [6.07, 6.45) is 5.40. The van der Waals surface area contributed by atoms with Crippen molar-refractivity contribution in [2.45, 2.75) is 32.2 Å². The molecule has 2 heterocycles. The number of hydrogen-bond donors (Lipinski definition) is 1. The highest BCUT2D eigenvalue weighted by Gasteiger charge is 2.20. The highest BCUT2D eigenvalue weighted by molar-refractivity contribution is 5.74. The normalized spacial score (nSPS) is 19.9. The predicted octanol–water partition coefficient (Wildman–Crippen LogP) is 2.44. The van der Waals surface area contributed by atoms with Gasteiger partial charge in [-0.05, 0) is 38.4 Å². The van der Waals surface area contributed by atoms with Gasteiger partial charge in [0.1, 0.15) is 5.69 Å². The number of aromatic nitrogens is 1. The molecule has 1 atom stereocenters. The molecule has 1 aromatic rings. The van der Waals surface area contributed by atoms with Gasteiger partial charge in [-0.1, -0.05) is 6.92 Å². The second-order valence-electron chi connectivity index (χ2n) is 5.82. The van der Waals surface area contributed by atoms with Crippen LogP contribution < -0.4 is 15.0 Å². The van der Waals surface area contributed by atoms with E-state index in [2.05, 4.69) is 27.0 Å². The highest BCUT2D eigenvalue weighted by atomic mass is 16.5. The van der Waals surface area contributed by atoms with E-state index in [4.69, 9.17) is 4.74 Å². The molecule has 5 nitrogen and oxygen atoms in total. The first-order valence-electron chi connectivity index (χ1n) is 7.85. The lowest BCUT2D eigenvalue weighted by molar-refractivity contribution is 0.300. The van der Waals surface area contributed by atoms with E-state index in [0.29, 0.717) is 11.9 Å². The molecule has 0 saturated carbocycles. The van der Waals surface area contributed by atoms with Gasteiger partial charge in [0.15, 0.2) is 0 Å². The number of ether oxygens (including phenoxy) is 1. The van der Waals surface area contributed by atoms with Crippen LogP contribution in [0.3, 0.4) is 0 Å². The topological polar surface area (TPSA) is 40.6 Å². The maximum absolute atomic E-state index is 5.44. The lowest BCUT2D eigenvalue weighted by atomic mass is 10.1. The van der Waals surface area contributed by atoms with E-state index in [0.717, 1.165) is 24.5 Å². The number of nitrogens with one attached hydrogen (secondary N) is 1. The van der Waals surface area contributed by atoms with Crippen LogP contribution in [0.5, 0.6) is 5.88 Å². The third-order valence-electron chi connectivity index (χ3n) is 4.19. The molecule has 1 unspecified atom stereocenters. The molecule has 0 aliphatic carbocycles. The lowest BCUT2D eigenvalue weighted by Gasteiger charge is -2.24. The zero-order valence-corrected chi connectivity index (χ0v) is 13.7. The molecule has 0 radical (unpaired) electrons. The van der Waals surface area contributed by atoms with Gasteiger partial charge in [0.25, 0.3) is 0 Å². The summed E-state index contributed by atoms with van der Waals surface area (Å²) in [6, 6.07) is 2.51. The van der Waals surface area contributed by atoms with Crippen LogP contribution >= 0.6 is 0 Å². The molecule has 1 N–H and O–H groups in total. The van der Waals surface area contributed by atoms with E-state index in [1.807, 2.05) is 20.2 Å². The molecule has 1 aliphatic rings. The van der Waals surface area contributed by atoms with Crippen LogP contribution in [0.15, 0.2) is 12.3 Å². The van der Waals surface area contributed by atoms with Crippen molar-refractivity contribution in [2.24, 2.45) is 0 Å². The summed E-state index contributed by atoms with van der Waals surface area (Å²) in [7, 11) is 5.77. The third kappa shape index (κ3) is 4.00. The predicted molar refractivity (Wildman–Crippen MR) is 88.5 cm³/mol. The van der Waals surface area contributed by atoms with Crippen LogP contribution in [0.25, 0.3) is 0 Å². The van der Waals surface area contributed by atoms with Crippen LogP contribution in [0, 0.1) is 0 Å². The van der Waals surface area contributed by atoms with Crippen LogP contribution in [0.1, 0.15) is 26.2 Å². The largest absolute Gasteiger partial charge is 0.479 e. The van der Waals surface area contributed by atoms with E-state index in [9.17, 15) is 0 Å². The molecule has 0 bridgehead atoms. The molecule has 1 fully saturated rings. The number of anilines is 2.